The van der Waals surface area contributed by atoms with Crippen LogP contribution in [-0.4, -0.2) is 39.5 Å². The normalized spacial score (nSPS) is 13.1. The molecule has 0 saturated carbocycles. The molecule has 0 spiro atoms. The van der Waals surface area contributed by atoms with E-state index in [0.717, 1.165) is 42.5 Å². The van der Waals surface area contributed by atoms with Gasteiger partial charge in [0.05, 0.1) is 18.4 Å². The van der Waals surface area contributed by atoms with E-state index in [4.69, 9.17) is 9.15 Å². The van der Waals surface area contributed by atoms with E-state index in [1.165, 1.54) is 30.2 Å². The Morgan fingerprint density at radius 3 is 2.84 bits per heavy atom. The van der Waals surface area contributed by atoms with Crippen molar-refractivity contribution in [1.29, 1.82) is 0 Å². The minimum atomic E-state index is -0.399. The van der Waals surface area contributed by atoms with E-state index in [-0.39, 0.29) is 11.7 Å². The maximum absolute atomic E-state index is 12.8. The fourth-order valence-corrected chi connectivity index (χ4v) is 6.07. The first-order valence-corrected chi connectivity index (χ1v) is 13.0. The van der Waals surface area contributed by atoms with E-state index < -0.39 is 5.97 Å². The number of amides is 1. The van der Waals surface area contributed by atoms with Gasteiger partial charge >= 0.3 is 5.97 Å². The van der Waals surface area contributed by atoms with Crippen LogP contribution in [0.5, 0.6) is 0 Å². The largest absolute Gasteiger partial charge is 0.465 e. The van der Waals surface area contributed by atoms with Crippen molar-refractivity contribution in [3.05, 3.63) is 32.8 Å². The van der Waals surface area contributed by atoms with Gasteiger partial charge < -0.3 is 14.5 Å². The maximum Gasteiger partial charge on any atom is 0.341 e. The molecular weight excluding hydrogens is 516 g/mol. The van der Waals surface area contributed by atoms with E-state index in [2.05, 4.69) is 38.4 Å². The van der Waals surface area contributed by atoms with Crippen LogP contribution in [0, 0.1) is 0 Å². The Morgan fingerprint density at radius 2 is 2.12 bits per heavy atom. The smallest absolute Gasteiger partial charge is 0.341 e. The number of hydrogen-bond donors (Lipinski definition) is 1. The fraction of sp³-hybridized carbons (Fsp3) is 0.429. The lowest BCUT2D eigenvalue weighted by Crippen LogP contribution is -2.17. The molecule has 0 saturated heterocycles. The molecule has 0 atom stereocenters. The summed E-state index contributed by atoms with van der Waals surface area (Å²) in [4.78, 5) is 26.3. The number of esters is 1. The minimum Gasteiger partial charge on any atom is -0.465 e. The van der Waals surface area contributed by atoms with Crippen LogP contribution < -0.4 is 5.32 Å². The summed E-state index contributed by atoms with van der Waals surface area (Å²) < 4.78 is 13.2. The third-order valence-corrected chi connectivity index (χ3v) is 7.70. The third-order valence-electron chi connectivity index (χ3n) is 5.10. The van der Waals surface area contributed by atoms with E-state index in [9.17, 15) is 9.59 Å². The maximum atomic E-state index is 12.8. The average molecular weight is 539 g/mol. The topological polar surface area (TPSA) is 99.2 Å². The summed E-state index contributed by atoms with van der Waals surface area (Å²) in [6.45, 7) is 2.77. The highest BCUT2D eigenvalue weighted by Crippen LogP contribution is 2.38. The molecule has 0 fully saturated rings. The molecular formula is C21H23BrN4O4S2. The molecule has 0 unspecified atom stereocenters. The van der Waals surface area contributed by atoms with Crippen LogP contribution in [0.3, 0.4) is 0 Å². The van der Waals surface area contributed by atoms with E-state index >= 15 is 0 Å². The molecule has 1 aliphatic carbocycles. The van der Waals surface area contributed by atoms with Gasteiger partial charge in [-0.25, -0.2) is 4.79 Å². The monoisotopic (exact) mass is 538 g/mol. The number of aryl methyl sites for hydroxylation is 1. The Morgan fingerprint density at radius 1 is 1.31 bits per heavy atom. The summed E-state index contributed by atoms with van der Waals surface area (Å²) in [5.41, 5.74) is 1.53. The van der Waals surface area contributed by atoms with Crippen molar-refractivity contribution < 1.29 is 18.7 Å². The van der Waals surface area contributed by atoms with E-state index in [1.54, 1.807) is 6.07 Å². The van der Waals surface area contributed by atoms with Crippen molar-refractivity contribution in [2.24, 2.45) is 0 Å². The fourth-order valence-electron chi connectivity index (χ4n) is 3.70. The molecule has 3 aromatic rings. The minimum absolute atomic E-state index is 0.146. The molecule has 0 radical (unpaired) electrons. The van der Waals surface area contributed by atoms with Gasteiger partial charge in [-0.15, -0.1) is 21.5 Å². The number of carbonyl (C=O) groups excluding carboxylic acids is 2. The zero-order chi connectivity index (χ0) is 22.7. The molecule has 1 N–H and O–H groups in total. The number of anilines is 1. The van der Waals surface area contributed by atoms with E-state index in [1.807, 2.05) is 10.6 Å². The molecule has 0 aliphatic heterocycles. The quantitative estimate of drug-likeness (QED) is 0.312. The average Bonchev–Trinajstić information content (AvgIpc) is 3.48. The number of carbonyl (C=O) groups is 2. The van der Waals surface area contributed by atoms with Gasteiger partial charge in [0.15, 0.2) is 15.6 Å². The van der Waals surface area contributed by atoms with Gasteiger partial charge in [0.25, 0.3) is 0 Å². The number of aromatic nitrogens is 3. The molecule has 8 nitrogen and oxygen atoms in total. The third kappa shape index (κ3) is 4.79. The lowest BCUT2D eigenvalue weighted by Gasteiger charge is -2.11. The zero-order valence-corrected chi connectivity index (χ0v) is 21.0. The Hall–Kier alpha value is -2.11. The van der Waals surface area contributed by atoms with Crippen molar-refractivity contribution in [3.63, 3.8) is 0 Å². The molecule has 11 heteroatoms. The van der Waals surface area contributed by atoms with Crippen LogP contribution in [0.4, 0.5) is 5.00 Å². The second-order valence-corrected chi connectivity index (χ2v) is 10.1. The standard InChI is InChI=1S/C21H23BrN4O4S2/c1-3-10-26-18(13-8-9-15(22)30-13)24-25-21(26)31-11-16(27)23-19-17(20(28)29-2)12-6-4-5-7-14(12)32-19/h8-9H,3-7,10-11H2,1-2H3,(H,23,27). The van der Waals surface area contributed by atoms with Gasteiger partial charge in [-0.05, 0) is 65.7 Å². The molecule has 1 amide bonds. The van der Waals surface area contributed by atoms with Crippen LogP contribution in [0.2, 0.25) is 0 Å². The molecule has 170 valence electrons. The Bertz CT molecular complexity index is 1140. The van der Waals surface area contributed by atoms with Gasteiger partial charge in [0.1, 0.15) is 5.00 Å². The Balaban J connectivity index is 1.49. The lowest BCUT2D eigenvalue weighted by molar-refractivity contribution is -0.113. The zero-order valence-electron chi connectivity index (χ0n) is 17.8. The molecule has 0 aromatic carbocycles. The predicted molar refractivity (Wildman–Crippen MR) is 127 cm³/mol. The van der Waals surface area contributed by atoms with Gasteiger partial charge in [-0.1, -0.05) is 18.7 Å². The number of nitrogens with one attached hydrogen (secondary N) is 1. The number of rotatable bonds is 8. The summed E-state index contributed by atoms with van der Waals surface area (Å²) in [7, 11) is 1.37. The number of nitrogens with zero attached hydrogens (tertiary/aromatic N) is 3. The molecule has 0 bridgehead atoms. The lowest BCUT2D eigenvalue weighted by atomic mass is 9.95. The number of methoxy groups -OCH3 is 1. The first kappa shape index (κ1) is 23.1. The number of thioether (sulfide) groups is 1. The first-order chi connectivity index (χ1) is 15.5. The number of hydrogen-bond acceptors (Lipinski definition) is 8. The highest BCUT2D eigenvalue weighted by Gasteiger charge is 2.27. The number of furan rings is 1. The predicted octanol–water partition coefficient (Wildman–Crippen LogP) is 5.17. The van der Waals surface area contributed by atoms with Crippen LogP contribution in [0.15, 0.2) is 26.4 Å². The number of halogens is 1. The summed E-state index contributed by atoms with van der Waals surface area (Å²) in [5, 5.41) is 12.7. The van der Waals surface area contributed by atoms with Gasteiger partial charge in [-0.3, -0.25) is 9.36 Å². The first-order valence-electron chi connectivity index (χ1n) is 10.4. The number of ether oxygens (including phenoxy) is 1. The van der Waals surface area contributed by atoms with Gasteiger partial charge in [0.2, 0.25) is 11.7 Å². The summed E-state index contributed by atoms with van der Waals surface area (Å²) in [5.74, 6) is 0.782. The highest BCUT2D eigenvalue weighted by molar-refractivity contribution is 9.10. The molecule has 32 heavy (non-hydrogen) atoms. The highest BCUT2D eigenvalue weighted by atomic mass is 79.9. The molecule has 1 aliphatic rings. The number of thiophene rings is 1. The van der Waals surface area contributed by atoms with Crippen LogP contribution >= 0.6 is 39.0 Å². The second kappa shape index (κ2) is 10.2. The Kier molecular flexibility index (Phi) is 7.37. The second-order valence-electron chi connectivity index (χ2n) is 7.31. The van der Waals surface area contributed by atoms with Crippen LogP contribution in [-0.2, 0) is 28.9 Å². The Labute approximate surface area is 202 Å². The summed E-state index contributed by atoms with van der Waals surface area (Å²) in [6.07, 6.45) is 4.79. The van der Waals surface area contributed by atoms with Crippen molar-refractivity contribution >= 4 is 55.9 Å². The molecule has 3 aromatic heterocycles. The van der Waals surface area contributed by atoms with Crippen LogP contribution in [0.25, 0.3) is 11.6 Å². The number of fused-ring (bicyclic) bond motifs is 1. The van der Waals surface area contributed by atoms with Gasteiger partial charge in [0, 0.05) is 11.4 Å². The van der Waals surface area contributed by atoms with Crippen LogP contribution in [0.1, 0.15) is 47.0 Å². The van der Waals surface area contributed by atoms with Crippen molar-refractivity contribution in [2.75, 3.05) is 18.2 Å². The van der Waals surface area contributed by atoms with E-state index in [0.29, 0.717) is 38.5 Å². The SMILES string of the molecule is CCCn1c(SCC(=O)Nc2sc3c(c2C(=O)OC)CCCC3)nnc1-c1ccc(Br)o1. The van der Waals surface area contributed by atoms with Crippen molar-refractivity contribution in [3.8, 4) is 11.6 Å². The molecule has 4 rings (SSSR count). The van der Waals surface area contributed by atoms with Crippen molar-refractivity contribution in [1.82, 2.24) is 14.8 Å². The van der Waals surface area contributed by atoms with Gasteiger partial charge in [-0.2, -0.15) is 0 Å². The van der Waals surface area contributed by atoms with Crippen molar-refractivity contribution in [2.45, 2.75) is 50.7 Å². The summed E-state index contributed by atoms with van der Waals surface area (Å²) in [6, 6.07) is 3.63. The molecule has 3 heterocycles. The summed E-state index contributed by atoms with van der Waals surface area (Å²) >= 11 is 6.09.